The molecule has 8 heteroatoms. The molecule has 2 fully saturated rings. The van der Waals surface area contributed by atoms with Gasteiger partial charge in [0.05, 0.1) is 5.92 Å². The Kier molecular flexibility index (Phi) is 3.89. The molecule has 116 valence electrons. The number of nitrogens with one attached hydrogen (secondary N) is 1. The predicted molar refractivity (Wildman–Crippen MR) is 71.3 cm³/mol. The molecule has 0 unspecified atom stereocenters. The predicted octanol–water partition coefficient (Wildman–Crippen LogP) is -0.360. The molecule has 0 aliphatic carbocycles. The van der Waals surface area contributed by atoms with Crippen LogP contribution in [-0.4, -0.2) is 63.9 Å². The molecule has 2 N–H and O–H groups in total. The van der Waals surface area contributed by atoms with Gasteiger partial charge in [0.1, 0.15) is 12.1 Å². The molecule has 0 bridgehead atoms. The molecule has 0 saturated carbocycles. The van der Waals surface area contributed by atoms with Gasteiger partial charge < -0.3 is 15.3 Å². The van der Waals surface area contributed by atoms with E-state index in [4.69, 9.17) is 5.11 Å². The molecule has 2 rings (SSSR count). The summed E-state index contributed by atoms with van der Waals surface area (Å²) in [4.78, 5) is 49.2. The molecule has 0 aromatic rings. The van der Waals surface area contributed by atoms with Crippen molar-refractivity contribution < 1.29 is 24.3 Å². The van der Waals surface area contributed by atoms with Crippen molar-refractivity contribution in [2.24, 2.45) is 5.92 Å². The van der Waals surface area contributed by atoms with Crippen LogP contribution in [0.4, 0.5) is 4.79 Å². The molecule has 2 heterocycles. The Balaban J connectivity index is 2.00. The monoisotopic (exact) mass is 297 g/mol. The first-order valence-corrected chi connectivity index (χ1v) is 6.87. The van der Waals surface area contributed by atoms with E-state index in [2.05, 4.69) is 5.32 Å². The van der Waals surface area contributed by atoms with Crippen LogP contribution in [0.15, 0.2) is 0 Å². The number of hydrogen-bond acceptors (Lipinski definition) is 4. The topological polar surface area (TPSA) is 107 Å². The van der Waals surface area contributed by atoms with Gasteiger partial charge in [-0.1, -0.05) is 0 Å². The zero-order valence-corrected chi connectivity index (χ0v) is 12.1. The molecule has 2 saturated heterocycles. The van der Waals surface area contributed by atoms with E-state index >= 15 is 0 Å². The number of piperidine rings is 1. The van der Waals surface area contributed by atoms with Crippen LogP contribution in [0.2, 0.25) is 0 Å². The number of nitrogens with zero attached hydrogens (tertiary/aromatic N) is 2. The van der Waals surface area contributed by atoms with E-state index in [1.54, 1.807) is 13.8 Å². The van der Waals surface area contributed by atoms with Gasteiger partial charge in [-0.15, -0.1) is 0 Å². The summed E-state index contributed by atoms with van der Waals surface area (Å²) in [5.41, 5.74) is -1.01. The zero-order chi connectivity index (χ0) is 15.8. The van der Waals surface area contributed by atoms with Gasteiger partial charge in [-0.25, -0.2) is 4.79 Å². The highest BCUT2D eigenvalue weighted by molar-refractivity contribution is 6.08. The van der Waals surface area contributed by atoms with E-state index in [-0.39, 0.29) is 13.1 Å². The van der Waals surface area contributed by atoms with E-state index in [1.165, 1.54) is 4.90 Å². The maximum absolute atomic E-state index is 12.2. The fraction of sp³-hybridized carbons (Fsp3) is 0.692. The molecular weight excluding hydrogens is 278 g/mol. The molecule has 0 aromatic heterocycles. The molecule has 8 nitrogen and oxygen atoms in total. The highest BCUT2D eigenvalue weighted by Crippen LogP contribution is 2.19. The van der Waals surface area contributed by atoms with E-state index in [0.29, 0.717) is 19.4 Å². The number of carbonyl (C=O) groups is 4. The normalized spacial score (nSPS) is 25.0. The number of carbonyl (C=O) groups excluding carboxylic acids is 3. The van der Waals surface area contributed by atoms with E-state index < -0.39 is 35.3 Å². The molecule has 21 heavy (non-hydrogen) atoms. The molecule has 4 amide bonds. The average molecular weight is 297 g/mol. The summed E-state index contributed by atoms with van der Waals surface area (Å²) in [5.74, 6) is -2.36. The van der Waals surface area contributed by atoms with Crippen LogP contribution in [0.1, 0.15) is 26.7 Å². The molecule has 0 aromatic carbocycles. The van der Waals surface area contributed by atoms with Gasteiger partial charge in [-0.3, -0.25) is 19.3 Å². The van der Waals surface area contributed by atoms with Gasteiger partial charge in [0.2, 0.25) is 5.91 Å². The second-order valence-corrected chi connectivity index (χ2v) is 5.96. The Hall–Kier alpha value is -2.12. The largest absolute Gasteiger partial charge is 0.481 e. The Morgan fingerprint density at radius 1 is 1.38 bits per heavy atom. The van der Waals surface area contributed by atoms with Crippen molar-refractivity contribution in [3.8, 4) is 0 Å². The first-order valence-electron chi connectivity index (χ1n) is 6.87. The second kappa shape index (κ2) is 5.34. The van der Waals surface area contributed by atoms with Crippen molar-refractivity contribution >= 4 is 23.8 Å². The molecular formula is C13H19N3O5. The third kappa shape index (κ3) is 2.98. The average Bonchev–Trinajstić information content (AvgIpc) is 2.61. The lowest BCUT2D eigenvalue weighted by molar-refractivity contribution is -0.147. The van der Waals surface area contributed by atoms with E-state index in [1.807, 2.05) is 0 Å². The maximum Gasteiger partial charge on any atom is 0.325 e. The highest BCUT2D eigenvalue weighted by Gasteiger charge is 2.45. The SMILES string of the molecule is CC1(C)NC(=O)N(CC(=O)N2CCC[C@@H](C(=O)O)C2)C1=O. The maximum atomic E-state index is 12.2. The van der Waals surface area contributed by atoms with Gasteiger partial charge in [-0.05, 0) is 26.7 Å². The number of rotatable bonds is 3. The van der Waals surface area contributed by atoms with Gasteiger partial charge >= 0.3 is 12.0 Å². The van der Waals surface area contributed by atoms with Gasteiger partial charge in [0.25, 0.3) is 5.91 Å². The zero-order valence-electron chi connectivity index (χ0n) is 12.1. The third-order valence-electron chi connectivity index (χ3n) is 3.86. The minimum absolute atomic E-state index is 0.126. The quantitative estimate of drug-likeness (QED) is 0.692. The van der Waals surface area contributed by atoms with Crippen molar-refractivity contribution in [2.75, 3.05) is 19.6 Å². The number of hydrogen-bond donors (Lipinski definition) is 2. The first-order chi connectivity index (χ1) is 9.72. The number of amides is 4. The summed E-state index contributed by atoms with van der Waals surface area (Å²) in [5, 5.41) is 11.5. The summed E-state index contributed by atoms with van der Waals surface area (Å²) in [6.07, 6.45) is 1.14. The van der Waals surface area contributed by atoms with Crippen molar-refractivity contribution in [3.63, 3.8) is 0 Å². The Morgan fingerprint density at radius 3 is 2.57 bits per heavy atom. The summed E-state index contributed by atoms with van der Waals surface area (Å²) >= 11 is 0. The molecule has 1 atom stereocenters. The number of carboxylic acids is 1. The van der Waals surface area contributed by atoms with Crippen LogP contribution in [-0.2, 0) is 14.4 Å². The van der Waals surface area contributed by atoms with Gasteiger partial charge in [-0.2, -0.15) is 0 Å². The molecule has 0 spiro atoms. The number of imide groups is 1. The number of urea groups is 1. The van der Waals surface area contributed by atoms with Crippen LogP contribution in [0.3, 0.4) is 0 Å². The van der Waals surface area contributed by atoms with Gasteiger partial charge in [0.15, 0.2) is 0 Å². The number of aliphatic carboxylic acids is 1. The van der Waals surface area contributed by atoms with Crippen molar-refractivity contribution in [1.29, 1.82) is 0 Å². The van der Waals surface area contributed by atoms with Crippen molar-refractivity contribution in [1.82, 2.24) is 15.1 Å². The van der Waals surface area contributed by atoms with Crippen LogP contribution >= 0.6 is 0 Å². The standard InChI is InChI=1S/C13H19N3O5/c1-13(2)11(20)16(12(21)14-13)7-9(17)15-5-3-4-8(6-15)10(18)19/h8H,3-7H2,1-2H3,(H,14,21)(H,18,19)/t8-/m1/s1. The minimum Gasteiger partial charge on any atom is -0.481 e. The highest BCUT2D eigenvalue weighted by atomic mass is 16.4. The fourth-order valence-corrected chi connectivity index (χ4v) is 2.60. The smallest absolute Gasteiger partial charge is 0.325 e. The van der Waals surface area contributed by atoms with E-state index in [0.717, 1.165) is 4.90 Å². The lowest BCUT2D eigenvalue weighted by Crippen LogP contribution is -2.48. The Labute approximate surface area is 122 Å². The summed E-state index contributed by atoms with van der Waals surface area (Å²) in [6.45, 7) is 3.37. The van der Waals surface area contributed by atoms with Crippen LogP contribution in [0, 0.1) is 5.92 Å². The fourth-order valence-electron chi connectivity index (χ4n) is 2.60. The van der Waals surface area contributed by atoms with Gasteiger partial charge in [0, 0.05) is 13.1 Å². The second-order valence-electron chi connectivity index (χ2n) is 5.96. The summed E-state index contributed by atoms with van der Waals surface area (Å²) in [7, 11) is 0. The lowest BCUT2D eigenvalue weighted by Gasteiger charge is -2.31. The van der Waals surface area contributed by atoms with E-state index in [9.17, 15) is 19.2 Å². The minimum atomic E-state index is -1.01. The van der Waals surface area contributed by atoms with Crippen LogP contribution in [0.25, 0.3) is 0 Å². The van der Waals surface area contributed by atoms with Crippen LogP contribution in [0.5, 0.6) is 0 Å². The van der Waals surface area contributed by atoms with Crippen molar-refractivity contribution in [2.45, 2.75) is 32.2 Å². The van der Waals surface area contributed by atoms with Crippen LogP contribution < -0.4 is 5.32 Å². The van der Waals surface area contributed by atoms with Crippen molar-refractivity contribution in [3.05, 3.63) is 0 Å². The Bertz CT molecular complexity index is 502. The lowest BCUT2D eigenvalue weighted by atomic mass is 9.98. The molecule has 0 radical (unpaired) electrons. The Morgan fingerprint density at radius 2 is 2.05 bits per heavy atom. The molecule has 2 aliphatic rings. The third-order valence-corrected chi connectivity index (χ3v) is 3.86. The number of carboxylic acid groups (broad SMARTS) is 1. The molecule has 2 aliphatic heterocycles. The first kappa shape index (κ1) is 15.3. The summed E-state index contributed by atoms with van der Waals surface area (Å²) in [6, 6.07) is -0.592. The summed E-state index contributed by atoms with van der Waals surface area (Å²) < 4.78 is 0. The number of likely N-dealkylation sites (tertiary alicyclic amines) is 1.